The molecule has 0 saturated heterocycles. The van der Waals surface area contributed by atoms with Crippen molar-refractivity contribution in [3.8, 4) is 0 Å². The molecule has 0 radical (unpaired) electrons. The summed E-state index contributed by atoms with van der Waals surface area (Å²) in [6.07, 6.45) is 7.00. The molecule has 0 aliphatic carbocycles. The minimum Gasteiger partial charge on any atom is -0.396 e. The number of benzene rings is 1. The second kappa shape index (κ2) is 7.81. The van der Waals surface area contributed by atoms with Gasteiger partial charge in [-0.05, 0) is 42.9 Å². The predicted octanol–water partition coefficient (Wildman–Crippen LogP) is 2.70. The van der Waals surface area contributed by atoms with Crippen molar-refractivity contribution in [2.75, 3.05) is 19.7 Å². The molecule has 4 nitrogen and oxygen atoms in total. The maximum absolute atomic E-state index is 9.02. The third-order valence-corrected chi connectivity index (χ3v) is 5.03. The molecule has 2 aliphatic heterocycles. The van der Waals surface area contributed by atoms with Crippen LogP contribution in [0.3, 0.4) is 0 Å². The van der Waals surface area contributed by atoms with Crippen molar-refractivity contribution in [1.29, 1.82) is 0 Å². The SMILES string of the molecule is OCCC1=NC(NSN2CCc3ccccc3CC2)=CCC1. The Morgan fingerprint density at radius 2 is 1.86 bits per heavy atom. The molecule has 3 rings (SSSR count). The van der Waals surface area contributed by atoms with Crippen LogP contribution >= 0.6 is 12.1 Å². The topological polar surface area (TPSA) is 47.9 Å². The Balaban J connectivity index is 1.52. The van der Waals surface area contributed by atoms with E-state index < -0.39 is 0 Å². The maximum atomic E-state index is 9.02. The summed E-state index contributed by atoms with van der Waals surface area (Å²) in [4.78, 5) is 4.58. The first-order valence-electron chi connectivity index (χ1n) is 7.97. The number of hydrogen-bond donors (Lipinski definition) is 2. The van der Waals surface area contributed by atoms with Gasteiger partial charge < -0.3 is 9.83 Å². The van der Waals surface area contributed by atoms with Gasteiger partial charge in [-0.2, -0.15) is 0 Å². The Kier molecular flexibility index (Phi) is 5.53. The quantitative estimate of drug-likeness (QED) is 0.820. The van der Waals surface area contributed by atoms with E-state index >= 15 is 0 Å². The molecule has 0 aromatic heterocycles. The average molecular weight is 317 g/mol. The average Bonchev–Trinajstić information content (AvgIpc) is 2.76. The van der Waals surface area contributed by atoms with Crippen LogP contribution in [0.1, 0.15) is 30.4 Å². The van der Waals surface area contributed by atoms with Crippen molar-refractivity contribution in [1.82, 2.24) is 9.03 Å². The standard InChI is InChI=1S/C17H23N3OS/c21-13-10-16-6-3-7-17(18-16)19-22-20-11-8-14-4-1-2-5-15(14)9-12-20/h1-2,4-5,7,19,21H,3,6,8-13H2. The van der Waals surface area contributed by atoms with Gasteiger partial charge in [0.2, 0.25) is 0 Å². The summed E-state index contributed by atoms with van der Waals surface area (Å²) in [5.41, 5.74) is 4.05. The molecule has 0 saturated carbocycles. The lowest BCUT2D eigenvalue weighted by Crippen LogP contribution is -2.24. The highest BCUT2D eigenvalue weighted by atomic mass is 32.2. The molecular weight excluding hydrogens is 294 g/mol. The zero-order valence-electron chi connectivity index (χ0n) is 12.8. The van der Waals surface area contributed by atoms with E-state index in [1.54, 1.807) is 12.1 Å². The van der Waals surface area contributed by atoms with Crippen LogP contribution in [-0.4, -0.2) is 34.8 Å². The van der Waals surface area contributed by atoms with Crippen molar-refractivity contribution >= 4 is 17.8 Å². The summed E-state index contributed by atoms with van der Waals surface area (Å²) in [7, 11) is 0. The smallest absolute Gasteiger partial charge is 0.132 e. The van der Waals surface area contributed by atoms with Gasteiger partial charge in [-0.25, -0.2) is 9.30 Å². The minimum atomic E-state index is 0.184. The first-order chi connectivity index (χ1) is 10.8. The van der Waals surface area contributed by atoms with E-state index in [1.807, 2.05) is 0 Å². The highest BCUT2D eigenvalue weighted by Crippen LogP contribution is 2.20. The molecule has 0 spiro atoms. The summed E-state index contributed by atoms with van der Waals surface area (Å²) in [6, 6.07) is 8.74. The minimum absolute atomic E-state index is 0.184. The first-order valence-corrected chi connectivity index (χ1v) is 8.74. The lowest BCUT2D eigenvalue weighted by Gasteiger charge is -2.20. The Morgan fingerprint density at radius 3 is 2.55 bits per heavy atom. The van der Waals surface area contributed by atoms with Crippen LogP contribution in [0, 0.1) is 0 Å². The van der Waals surface area contributed by atoms with Gasteiger partial charge in [-0.1, -0.05) is 24.3 Å². The van der Waals surface area contributed by atoms with Gasteiger partial charge in [0.05, 0.1) is 0 Å². The van der Waals surface area contributed by atoms with Gasteiger partial charge in [0.25, 0.3) is 0 Å². The second-order valence-electron chi connectivity index (χ2n) is 5.67. The predicted molar refractivity (Wildman–Crippen MR) is 92.6 cm³/mol. The fraction of sp³-hybridized carbons (Fsp3) is 0.471. The molecule has 2 N–H and O–H groups in total. The molecule has 0 atom stereocenters. The van der Waals surface area contributed by atoms with E-state index in [-0.39, 0.29) is 6.61 Å². The van der Waals surface area contributed by atoms with Crippen LogP contribution < -0.4 is 4.72 Å². The Bertz CT molecular complexity index is 544. The largest absolute Gasteiger partial charge is 0.396 e. The molecule has 0 fully saturated rings. The van der Waals surface area contributed by atoms with E-state index in [2.05, 4.69) is 44.4 Å². The number of aliphatic hydroxyl groups excluding tert-OH is 1. The number of nitrogens with one attached hydrogen (secondary N) is 1. The molecule has 0 unspecified atom stereocenters. The first kappa shape index (κ1) is 15.6. The summed E-state index contributed by atoms with van der Waals surface area (Å²) in [5, 5.41) is 9.02. The molecule has 1 aromatic carbocycles. The third kappa shape index (κ3) is 4.12. The highest BCUT2D eigenvalue weighted by Gasteiger charge is 2.15. The maximum Gasteiger partial charge on any atom is 0.132 e. The van der Waals surface area contributed by atoms with Gasteiger partial charge in [0, 0.05) is 44.0 Å². The molecule has 2 aliphatic rings. The Labute approximate surface area is 136 Å². The number of aliphatic hydroxyl groups is 1. The van der Waals surface area contributed by atoms with Crippen molar-refractivity contribution in [3.05, 3.63) is 47.3 Å². The van der Waals surface area contributed by atoms with E-state index in [1.165, 1.54) is 11.1 Å². The molecule has 2 heterocycles. The molecule has 0 amide bonds. The number of fused-ring (bicyclic) bond motifs is 1. The fourth-order valence-electron chi connectivity index (χ4n) is 2.87. The van der Waals surface area contributed by atoms with Gasteiger partial charge in [0.1, 0.15) is 5.82 Å². The van der Waals surface area contributed by atoms with E-state index in [4.69, 9.17) is 5.11 Å². The Hall–Kier alpha value is -1.30. The second-order valence-corrected chi connectivity index (χ2v) is 6.57. The molecule has 5 heteroatoms. The van der Waals surface area contributed by atoms with Crippen LogP contribution in [0.4, 0.5) is 0 Å². The van der Waals surface area contributed by atoms with E-state index in [0.717, 1.165) is 50.3 Å². The summed E-state index contributed by atoms with van der Waals surface area (Å²) >= 11 is 1.65. The van der Waals surface area contributed by atoms with Crippen LogP contribution in [-0.2, 0) is 12.8 Å². The van der Waals surface area contributed by atoms with Crippen LogP contribution in [0.5, 0.6) is 0 Å². The number of hydrogen-bond acceptors (Lipinski definition) is 5. The van der Waals surface area contributed by atoms with Crippen molar-refractivity contribution in [3.63, 3.8) is 0 Å². The summed E-state index contributed by atoms with van der Waals surface area (Å²) in [5.74, 6) is 0.932. The van der Waals surface area contributed by atoms with Crippen LogP contribution in [0.15, 0.2) is 41.2 Å². The normalized spacial score (nSPS) is 19.0. The zero-order valence-corrected chi connectivity index (χ0v) is 13.6. The molecule has 118 valence electrons. The fourth-order valence-corrected chi connectivity index (χ4v) is 3.59. The van der Waals surface area contributed by atoms with E-state index in [9.17, 15) is 0 Å². The molecule has 0 bridgehead atoms. The Morgan fingerprint density at radius 1 is 1.14 bits per heavy atom. The van der Waals surface area contributed by atoms with E-state index in [0.29, 0.717) is 6.42 Å². The summed E-state index contributed by atoms with van der Waals surface area (Å²) < 4.78 is 5.74. The summed E-state index contributed by atoms with van der Waals surface area (Å²) in [6.45, 7) is 2.29. The number of rotatable bonds is 5. The lowest BCUT2D eigenvalue weighted by atomic mass is 10.0. The highest BCUT2D eigenvalue weighted by molar-refractivity contribution is 7.95. The molecular formula is C17H23N3OS. The number of nitrogens with zero attached hydrogens (tertiary/aromatic N) is 2. The molecule has 22 heavy (non-hydrogen) atoms. The third-order valence-electron chi connectivity index (χ3n) is 4.11. The van der Waals surface area contributed by atoms with Gasteiger partial charge in [0.15, 0.2) is 0 Å². The van der Waals surface area contributed by atoms with Gasteiger partial charge in [-0.3, -0.25) is 0 Å². The monoisotopic (exact) mass is 317 g/mol. The lowest BCUT2D eigenvalue weighted by molar-refractivity contribution is 0.306. The van der Waals surface area contributed by atoms with Crippen molar-refractivity contribution in [2.24, 2.45) is 4.99 Å². The van der Waals surface area contributed by atoms with Crippen LogP contribution in [0.2, 0.25) is 0 Å². The number of allylic oxidation sites excluding steroid dienone is 1. The van der Waals surface area contributed by atoms with Gasteiger partial charge >= 0.3 is 0 Å². The van der Waals surface area contributed by atoms with Gasteiger partial charge in [-0.15, -0.1) is 0 Å². The van der Waals surface area contributed by atoms with Crippen molar-refractivity contribution < 1.29 is 5.11 Å². The molecule has 1 aromatic rings. The number of aliphatic imine (C=N–C) groups is 1. The van der Waals surface area contributed by atoms with Crippen molar-refractivity contribution in [2.45, 2.75) is 32.1 Å². The zero-order chi connectivity index (χ0) is 15.2. The van der Waals surface area contributed by atoms with Crippen LogP contribution in [0.25, 0.3) is 0 Å².